The molecule has 25 heavy (non-hydrogen) atoms. The van der Waals surface area contributed by atoms with Gasteiger partial charge in [-0.05, 0) is 23.0 Å². The van der Waals surface area contributed by atoms with E-state index in [1.807, 2.05) is 60.7 Å². The summed E-state index contributed by atoms with van der Waals surface area (Å²) in [6.07, 6.45) is -0.255. The lowest BCUT2D eigenvalue weighted by molar-refractivity contribution is -0.129. The first-order valence-corrected chi connectivity index (χ1v) is 8.66. The summed E-state index contributed by atoms with van der Waals surface area (Å²) < 4.78 is 5.17. The Hall–Kier alpha value is -2.62. The summed E-state index contributed by atoms with van der Waals surface area (Å²) in [5.74, 6) is 0.178. The second-order valence-electron chi connectivity index (χ2n) is 6.73. The molecule has 1 saturated heterocycles. The smallest absolute Gasteiger partial charge is 0.417 e. The van der Waals surface area contributed by atoms with E-state index >= 15 is 0 Å². The molecule has 130 valence electrons. The van der Waals surface area contributed by atoms with Gasteiger partial charge in [0.05, 0.1) is 0 Å². The van der Waals surface area contributed by atoms with Crippen molar-refractivity contribution in [3.63, 3.8) is 0 Å². The third-order valence-corrected chi connectivity index (χ3v) is 4.75. The van der Waals surface area contributed by atoms with Crippen molar-refractivity contribution in [1.82, 2.24) is 4.90 Å². The van der Waals surface area contributed by atoms with E-state index in [0.29, 0.717) is 12.3 Å². The second kappa shape index (κ2) is 7.51. The molecule has 0 N–H and O–H groups in total. The zero-order valence-electron chi connectivity index (χ0n) is 14.6. The van der Waals surface area contributed by atoms with Crippen LogP contribution in [0.2, 0.25) is 0 Å². The SMILES string of the molecule is CC(C)C(CC(=O)N1C(=O)OC[C@@H]1c1ccccc1)c1ccccc1. The lowest BCUT2D eigenvalue weighted by atomic mass is 9.85. The molecule has 2 aromatic carbocycles. The Labute approximate surface area is 148 Å². The summed E-state index contributed by atoms with van der Waals surface area (Å²) in [7, 11) is 0. The molecule has 3 rings (SSSR count). The van der Waals surface area contributed by atoms with Crippen molar-refractivity contribution in [1.29, 1.82) is 0 Å². The molecule has 1 heterocycles. The fraction of sp³-hybridized carbons (Fsp3) is 0.333. The fourth-order valence-corrected chi connectivity index (χ4v) is 3.34. The lowest BCUT2D eigenvalue weighted by Crippen LogP contribution is -2.35. The van der Waals surface area contributed by atoms with Crippen LogP contribution in [0.25, 0.3) is 0 Å². The first-order chi connectivity index (χ1) is 12.1. The van der Waals surface area contributed by atoms with Gasteiger partial charge in [-0.3, -0.25) is 4.79 Å². The lowest BCUT2D eigenvalue weighted by Gasteiger charge is -2.25. The average Bonchev–Trinajstić information content (AvgIpc) is 3.02. The summed E-state index contributed by atoms with van der Waals surface area (Å²) in [4.78, 5) is 26.4. The zero-order chi connectivity index (χ0) is 17.8. The summed E-state index contributed by atoms with van der Waals surface area (Å²) in [6, 6.07) is 19.2. The molecule has 1 aliphatic rings. The Morgan fingerprint density at radius 3 is 2.28 bits per heavy atom. The molecular formula is C21H23NO3. The number of ether oxygens (including phenoxy) is 1. The second-order valence-corrected chi connectivity index (χ2v) is 6.73. The van der Waals surface area contributed by atoms with Crippen LogP contribution in [0.5, 0.6) is 0 Å². The molecule has 0 bridgehead atoms. The van der Waals surface area contributed by atoms with E-state index < -0.39 is 6.09 Å². The maximum atomic E-state index is 13.0. The van der Waals surface area contributed by atoms with Gasteiger partial charge in [-0.25, -0.2) is 9.69 Å². The predicted molar refractivity (Wildman–Crippen MR) is 96.0 cm³/mol. The number of hydrogen-bond acceptors (Lipinski definition) is 3. The highest BCUT2D eigenvalue weighted by molar-refractivity contribution is 5.94. The molecule has 0 saturated carbocycles. The highest BCUT2D eigenvalue weighted by Crippen LogP contribution is 2.33. The Morgan fingerprint density at radius 2 is 1.68 bits per heavy atom. The van der Waals surface area contributed by atoms with Crippen LogP contribution in [-0.2, 0) is 9.53 Å². The van der Waals surface area contributed by atoms with Gasteiger partial charge in [0.1, 0.15) is 12.6 Å². The highest BCUT2D eigenvalue weighted by Gasteiger charge is 2.39. The summed E-state index contributed by atoms with van der Waals surface area (Å²) >= 11 is 0. The molecule has 4 nitrogen and oxygen atoms in total. The maximum absolute atomic E-state index is 13.0. The predicted octanol–water partition coefficient (Wildman–Crippen LogP) is 4.54. The van der Waals surface area contributed by atoms with Crippen LogP contribution in [0.1, 0.15) is 43.4 Å². The van der Waals surface area contributed by atoms with E-state index in [-0.39, 0.29) is 24.5 Å². The van der Waals surface area contributed by atoms with Crippen molar-refractivity contribution >= 4 is 12.0 Å². The summed E-state index contributed by atoms with van der Waals surface area (Å²) in [5, 5.41) is 0. The first-order valence-electron chi connectivity index (χ1n) is 8.66. The number of hydrogen-bond donors (Lipinski definition) is 0. The van der Waals surface area contributed by atoms with Gasteiger partial charge in [0.2, 0.25) is 5.91 Å². The minimum absolute atomic E-state index is 0.0681. The van der Waals surface area contributed by atoms with Crippen LogP contribution in [0.3, 0.4) is 0 Å². The molecule has 0 aromatic heterocycles. The number of imide groups is 1. The van der Waals surface area contributed by atoms with Crippen molar-refractivity contribution < 1.29 is 14.3 Å². The van der Waals surface area contributed by atoms with Gasteiger partial charge < -0.3 is 4.74 Å². The molecule has 4 heteroatoms. The highest BCUT2D eigenvalue weighted by atomic mass is 16.6. The Balaban J connectivity index is 1.81. The number of benzene rings is 2. The van der Waals surface area contributed by atoms with Crippen LogP contribution in [0, 0.1) is 5.92 Å². The van der Waals surface area contributed by atoms with E-state index in [1.165, 1.54) is 4.90 Å². The maximum Gasteiger partial charge on any atom is 0.417 e. The number of carbonyl (C=O) groups excluding carboxylic acids is 2. The van der Waals surface area contributed by atoms with Gasteiger partial charge >= 0.3 is 6.09 Å². The molecule has 0 radical (unpaired) electrons. The van der Waals surface area contributed by atoms with Crippen LogP contribution in [0.15, 0.2) is 60.7 Å². The van der Waals surface area contributed by atoms with Crippen molar-refractivity contribution in [2.75, 3.05) is 6.61 Å². The number of amides is 2. The van der Waals surface area contributed by atoms with Crippen molar-refractivity contribution in [2.45, 2.75) is 32.2 Å². The minimum atomic E-state index is -0.547. The number of rotatable bonds is 5. The summed E-state index contributed by atoms with van der Waals surface area (Å²) in [5.41, 5.74) is 2.04. The number of nitrogens with zero attached hydrogens (tertiary/aromatic N) is 1. The Morgan fingerprint density at radius 1 is 1.08 bits per heavy atom. The van der Waals surface area contributed by atoms with Crippen LogP contribution in [-0.4, -0.2) is 23.5 Å². The molecule has 0 aliphatic carbocycles. The molecule has 2 atom stereocenters. The van der Waals surface area contributed by atoms with Gasteiger partial charge in [0, 0.05) is 6.42 Å². The molecule has 1 fully saturated rings. The normalized spacial score (nSPS) is 18.3. The number of cyclic esters (lactones) is 1. The van der Waals surface area contributed by atoms with Gasteiger partial charge in [-0.15, -0.1) is 0 Å². The van der Waals surface area contributed by atoms with E-state index in [0.717, 1.165) is 11.1 Å². The Bertz CT molecular complexity index is 727. The van der Waals surface area contributed by atoms with E-state index in [4.69, 9.17) is 4.74 Å². The topological polar surface area (TPSA) is 46.6 Å². The molecular weight excluding hydrogens is 314 g/mol. The minimum Gasteiger partial charge on any atom is -0.446 e. The van der Waals surface area contributed by atoms with Crippen molar-refractivity contribution in [3.8, 4) is 0 Å². The summed E-state index contributed by atoms with van der Waals surface area (Å²) in [6.45, 7) is 4.41. The quantitative estimate of drug-likeness (QED) is 0.805. The van der Waals surface area contributed by atoms with Gasteiger partial charge in [0.25, 0.3) is 0 Å². The van der Waals surface area contributed by atoms with Crippen molar-refractivity contribution in [2.24, 2.45) is 5.92 Å². The molecule has 2 amide bonds. The van der Waals surface area contributed by atoms with Crippen molar-refractivity contribution in [3.05, 3.63) is 71.8 Å². The monoisotopic (exact) mass is 337 g/mol. The van der Waals surface area contributed by atoms with E-state index in [1.54, 1.807) is 0 Å². The Kier molecular flexibility index (Phi) is 5.17. The fourth-order valence-electron chi connectivity index (χ4n) is 3.34. The van der Waals surface area contributed by atoms with E-state index in [9.17, 15) is 9.59 Å². The molecule has 1 aliphatic heterocycles. The van der Waals surface area contributed by atoms with Gasteiger partial charge in [0.15, 0.2) is 0 Å². The van der Waals surface area contributed by atoms with Gasteiger partial charge in [-0.2, -0.15) is 0 Å². The third kappa shape index (κ3) is 3.73. The van der Waals surface area contributed by atoms with Crippen LogP contribution < -0.4 is 0 Å². The molecule has 2 aromatic rings. The standard InChI is InChI=1S/C21H23NO3/c1-15(2)18(16-9-5-3-6-10-16)13-20(23)22-19(14-25-21(22)24)17-11-7-4-8-12-17/h3-12,15,18-19H,13-14H2,1-2H3/t18?,19-/m1/s1. The van der Waals surface area contributed by atoms with Crippen LogP contribution in [0.4, 0.5) is 4.79 Å². The average molecular weight is 337 g/mol. The first kappa shape index (κ1) is 17.2. The van der Waals surface area contributed by atoms with Gasteiger partial charge in [-0.1, -0.05) is 74.5 Å². The number of carbonyl (C=O) groups is 2. The van der Waals surface area contributed by atoms with Crippen LogP contribution >= 0.6 is 0 Å². The zero-order valence-corrected chi connectivity index (χ0v) is 14.6. The third-order valence-electron chi connectivity index (χ3n) is 4.75. The molecule has 0 spiro atoms. The largest absolute Gasteiger partial charge is 0.446 e. The molecule has 1 unspecified atom stereocenters. The van der Waals surface area contributed by atoms with E-state index in [2.05, 4.69) is 13.8 Å².